The van der Waals surface area contributed by atoms with Crippen molar-refractivity contribution in [2.24, 2.45) is 0 Å². The fourth-order valence-corrected chi connectivity index (χ4v) is 5.02. The molecular formula is C23H20ClF2N5O4S. The first-order valence-electron chi connectivity index (χ1n) is 10.9. The number of ether oxygens (including phenoxy) is 1. The first kappa shape index (κ1) is 24.7. The van der Waals surface area contributed by atoms with Crippen LogP contribution >= 0.6 is 22.9 Å². The zero-order valence-electron chi connectivity index (χ0n) is 18.8. The highest BCUT2D eigenvalue weighted by Crippen LogP contribution is 2.33. The molecule has 2 aromatic heterocycles. The maximum atomic E-state index is 13.9. The summed E-state index contributed by atoms with van der Waals surface area (Å²) in [6.07, 6.45) is -1.86. The molecule has 0 saturated carbocycles. The Morgan fingerprint density at radius 3 is 2.78 bits per heavy atom. The summed E-state index contributed by atoms with van der Waals surface area (Å²) in [5.41, 5.74) is 3.42. The number of carbonyl (C=O) groups excluding carboxylic acids is 1. The van der Waals surface area contributed by atoms with Crippen LogP contribution in [0.3, 0.4) is 0 Å². The highest BCUT2D eigenvalue weighted by atomic mass is 35.5. The van der Waals surface area contributed by atoms with Crippen LogP contribution in [-0.4, -0.2) is 68.1 Å². The van der Waals surface area contributed by atoms with Gasteiger partial charge in [-0.1, -0.05) is 16.8 Å². The molecule has 188 valence electrons. The molecule has 0 radical (unpaired) electrons. The maximum absolute atomic E-state index is 13.9. The zero-order valence-corrected chi connectivity index (χ0v) is 20.3. The summed E-state index contributed by atoms with van der Waals surface area (Å²) in [6.45, 7) is -0.535. The second-order valence-corrected chi connectivity index (χ2v) is 9.64. The van der Waals surface area contributed by atoms with Gasteiger partial charge in [0.15, 0.2) is 0 Å². The minimum absolute atomic E-state index is 0.0236. The Bertz CT molecular complexity index is 1410. The number of aliphatic hydroxyl groups excluding tert-OH is 2. The van der Waals surface area contributed by atoms with Gasteiger partial charge in [0.2, 0.25) is 0 Å². The van der Waals surface area contributed by atoms with E-state index in [4.69, 9.17) is 16.3 Å². The number of halogens is 3. The van der Waals surface area contributed by atoms with E-state index in [9.17, 15) is 23.8 Å². The summed E-state index contributed by atoms with van der Waals surface area (Å²) in [7, 11) is 1.61. The lowest BCUT2D eigenvalue weighted by molar-refractivity contribution is -0.169. The van der Waals surface area contributed by atoms with Gasteiger partial charge in [0.05, 0.1) is 34.6 Å². The lowest BCUT2D eigenvalue weighted by atomic mass is 9.94. The summed E-state index contributed by atoms with van der Waals surface area (Å²) >= 11 is 7.00. The lowest BCUT2D eigenvalue weighted by Crippen LogP contribution is -2.52. The number of rotatable bonds is 5. The molecule has 3 heterocycles. The molecule has 0 aliphatic carbocycles. The lowest BCUT2D eigenvalue weighted by Gasteiger charge is -2.39. The van der Waals surface area contributed by atoms with E-state index >= 15 is 0 Å². The van der Waals surface area contributed by atoms with Crippen LogP contribution in [0.25, 0.3) is 21.5 Å². The van der Waals surface area contributed by atoms with Crippen LogP contribution in [-0.2, 0) is 9.53 Å². The number of aromatic nitrogens is 4. The van der Waals surface area contributed by atoms with Crippen molar-refractivity contribution in [3.63, 3.8) is 0 Å². The highest BCUT2D eigenvalue weighted by molar-refractivity contribution is 7.16. The Kier molecular flexibility index (Phi) is 6.70. The third kappa shape index (κ3) is 4.46. The van der Waals surface area contributed by atoms with Gasteiger partial charge in [-0.25, -0.2) is 18.4 Å². The third-order valence-corrected chi connectivity index (χ3v) is 7.34. The molecular weight excluding hydrogens is 516 g/mol. The van der Waals surface area contributed by atoms with Gasteiger partial charge in [0, 0.05) is 24.7 Å². The minimum atomic E-state index is -1.22. The van der Waals surface area contributed by atoms with Crippen LogP contribution < -0.4 is 4.90 Å². The Morgan fingerprint density at radius 1 is 1.31 bits per heavy atom. The van der Waals surface area contributed by atoms with Crippen molar-refractivity contribution >= 4 is 44.7 Å². The maximum Gasteiger partial charge on any atom is 0.255 e. The van der Waals surface area contributed by atoms with Gasteiger partial charge < -0.3 is 19.8 Å². The average Bonchev–Trinajstić information content (AvgIpc) is 3.55. The van der Waals surface area contributed by atoms with Crippen LogP contribution in [0.5, 0.6) is 0 Å². The predicted molar refractivity (Wildman–Crippen MR) is 129 cm³/mol. The Hall–Kier alpha value is -3.03. The molecule has 1 aliphatic heterocycles. The number of anilines is 1. The molecule has 13 heteroatoms. The van der Waals surface area contributed by atoms with Crippen LogP contribution in [0.2, 0.25) is 5.02 Å². The quantitative estimate of drug-likeness (QED) is 0.377. The van der Waals surface area contributed by atoms with E-state index in [2.05, 4.69) is 15.3 Å². The average molecular weight is 536 g/mol. The Labute approximate surface area is 212 Å². The monoisotopic (exact) mass is 535 g/mol. The van der Waals surface area contributed by atoms with Crippen molar-refractivity contribution in [2.75, 3.05) is 18.6 Å². The van der Waals surface area contributed by atoms with Crippen molar-refractivity contribution in [3.8, 4) is 11.3 Å². The van der Waals surface area contributed by atoms with Crippen LogP contribution in [0.4, 0.5) is 14.5 Å². The number of hydrogen-bond donors (Lipinski definition) is 2. The smallest absolute Gasteiger partial charge is 0.255 e. The number of aliphatic hydroxyl groups is 2. The number of hydrogen-bond acceptors (Lipinski definition) is 8. The normalized spacial score (nSPS) is 22.2. The summed E-state index contributed by atoms with van der Waals surface area (Å²) < 4.78 is 35.8. The molecule has 1 aliphatic rings. The van der Waals surface area contributed by atoms with E-state index < -0.39 is 47.6 Å². The van der Waals surface area contributed by atoms with Crippen molar-refractivity contribution < 1.29 is 28.5 Å². The summed E-state index contributed by atoms with van der Waals surface area (Å²) in [6, 6.07) is 6.68. The number of nitrogens with zero attached hydrogens (tertiary/aromatic N) is 5. The van der Waals surface area contributed by atoms with Gasteiger partial charge >= 0.3 is 0 Å². The summed E-state index contributed by atoms with van der Waals surface area (Å²) in [4.78, 5) is 19.0. The number of benzene rings is 2. The standard InChI is InChI=1S/C23H20ClF2N5O4S/c1-30(12-2-3-15-20(6-12)36-10-27-15)23(34)18-7-17(22(33)19(9-32)35-18)31-8-16(28-29-31)11-4-13(25)21(24)14(26)5-11/h2-6,8,10,17-19,22,32-33H,7,9H2,1H3. The van der Waals surface area contributed by atoms with Gasteiger partial charge in [-0.2, -0.15) is 0 Å². The van der Waals surface area contributed by atoms with E-state index in [1.54, 1.807) is 18.6 Å². The van der Waals surface area contributed by atoms with Crippen molar-refractivity contribution in [1.29, 1.82) is 0 Å². The van der Waals surface area contributed by atoms with Crippen LogP contribution in [0.1, 0.15) is 12.5 Å². The van der Waals surface area contributed by atoms with E-state index in [-0.39, 0.29) is 23.6 Å². The molecule has 2 aromatic carbocycles. The first-order valence-corrected chi connectivity index (χ1v) is 12.1. The molecule has 36 heavy (non-hydrogen) atoms. The number of fused-ring (bicyclic) bond motifs is 1. The molecule has 1 fully saturated rings. The number of thiazole rings is 1. The molecule has 9 nitrogen and oxygen atoms in total. The SMILES string of the molecule is CN(C(=O)C1CC(n2cc(-c3cc(F)c(Cl)c(F)c3)nn2)C(O)C(CO)O1)c1ccc2ncsc2c1. The number of likely N-dealkylation sites (N-methyl/N-ethyl adjacent to an activating group) is 1. The molecule has 1 saturated heterocycles. The minimum Gasteiger partial charge on any atom is -0.394 e. The van der Waals surface area contributed by atoms with Crippen molar-refractivity contribution in [1.82, 2.24) is 20.0 Å². The summed E-state index contributed by atoms with van der Waals surface area (Å²) in [5, 5.41) is 27.9. The molecule has 0 spiro atoms. The molecule has 4 unspecified atom stereocenters. The molecule has 1 amide bonds. The van der Waals surface area contributed by atoms with Crippen molar-refractivity contribution in [2.45, 2.75) is 30.8 Å². The van der Waals surface area contributed by atoms with Gasteiger partial charge in [-0.05, 0) is 30.3 Å². The molecule has 0 bridgehead atoms. The van der Waals surface area contributed by atoms with E-state index in [1.807, 2.05) is 12.1 Å². The number of amides is 1. The van der Waals surface area contributed by atoms with Crippen LogP contribution in [0.15, 0.2) is 42.0 Å². The van der Waals surface area contributed by atoms with Gasteiger partial charge in [-0.15, -0.1) is 16.4 Å². The third-order valence-electron chi connectivity index (χ3n) is 6.19. The van der Waals surface area contributed by atoms with E-state index in [1.165, 1.54) is 27.1 Å². The Balaban J connectivity index is 1.40. The molecule has 2 N–H and O–H groups in total. The van der Waals surface area contributed by atoms with Gasteiger partial charge in [0.1, 0.15) is 40.7 Å². The number of carbonyl (C=O) groups is 1. The topological polar surface area (TPSA) is 114 Å². The second kappa shape index (κ2) is 9.79. The Morgan fingerprint density at radius 2 is 2.06 bits per heavy atom. The van der Waals surface area contributed by atoms with E-state index in [0.29, 0.717) is 5.69 Å². The van der Waals surface area contributed by atoms with Crippen molar-refractivity contribution in [3.05, 3.63) is 58.7 Å². The fourth-order valence-electron chi connectivity index (χ4n) is 4.20. The largest absolute Gasteiger partial charge is 0.394 e. The van der Waals surface area contributed by atoms with Crippen LogP contribution in [0, 0.1) is 11.6 Å². The molecule has 4 aromatic rings. The summed E-state index contributed by atoms with van der Waals surface area (Å²) in [5.74, 6) is -2.27. The zero-order chi connectivity index (χ0) is 25.6. The predicted octanol–water partition coefficient (Wildman–Crippen LogP) is 3.20. The highest BCUT2D eigenvalue weighted by Gasteiger charge is 2.42. The van der Waals surface area contributed by atoms with E-state index in [0.717, 1.165) is 22.3 Å². The molecule has 4 atom stereocenters. The molecule has 5 rings (SSSR count). The first-order chi connectivity index (χ1) is 17.3. The van der Waals surface area contributed by atoms with Gasteiger partial charge in [-0.3, -0.25) is 4.79 Å². The second-order valence-electron chi connectivity index (χ2n) is 8.38. The van der Waals surface area contributed by atoms with Gasteiger partial charge in [0.25, 0.3) is 5.91 Å². The fraction of sp³-hybridized carbons (Fsp3) is 0.304.